The first-order chi connectivity index (χ1) is 12.1. The lowest BCUT2D eigenvalue weighted by Gasteiger charge is -2.38. The summed E-state index contributed by atoms with van der Waals surface area (Å²) in [5, 5.41) is 4.02. The molecule has 1 N–H and O–H groups in total. The second kappa shape index (κ2) is 6.78. The lowest BCUT2D eigenvalue weighted by atomic mass is 10.0. The number of nitrogens with zero attached hydrogens (tertiary/aromatic N) is 3. The third kappa shape index (κ3) is 3.56. The number of halogens is 1. The Morgan fingerprint density at radius 2 is 1.88 bits per heavy atom. The molecule has 3 heterocycles. The molecule has 0 bridgehead atoms. The van der Waals surface area contributed by atoms with Gasteiger partial charge >= 0.3 is 0 Å². The minimum absolute atomic E-state index is 0.372. The van der Waals surface area contributed by atoms with Crippen molar-refractivity contribution in [1.82, 2.24) is 9.97 Å². The molecule has 2 aliphatic rings. The van der Waals surface area contributed by atoms with Gasteiger partial charge in [0, 0.05) is 42.7 Å². The summed E-state index contributed by atoms with van der Waals surface area (Å²) in [5.74, 6) is 1.28. The van der Waals surface area contributed by atoms with Crippen molar-refractivity contribution >= 4 is 28.9 Å². The van der Waals surface area contributed by atoms with E-state index in [1.54, 1.807) is 6.33 Å². The maximum Gasteiger partial charge on any atom is 0.171 e. The Balaban J connectivity index is 1.45. The van der Waals surface area contributed by atoms with Crippen molar-refractivity contribution in [3.8, 4) is 0 Å². The number of aryl methyl sites for hydroxylation is 1. The van der Waals surface area contributed by atoms with E-state index >= 15 is 0 Å². The van der Waals surface area contributed by atoms with Crippen LogP contribution < -0.4 is 10.2 Å². The van der Waals surface area contributed by atoms with E-state index in [9.17, 15) is 0 Å². The third-order valence-electron chi connectivity index (χ3n) is 4.76. The summed E-state index contributed by atoms with van der Waals surface area (Å²) in [6, 6.07) is 7.83. The fourth-order valence-electron chi connectivity index (χ4n) is 3.27. The van der Waals surface area contributed by atoms with E-state index in [-0.39, 0.29) is 5.79 Å². The van der Waals surface area contributed by atoms with E-state index in [0.29, 0.717) is 13.2 Å². The second-order valence-corrected chi connectivity index (χ2v) is 6.85. The molecule has 1 spiro atoms. The van der Waals surface area contributed by atoms with Gasteiger partial charge in [-0.3, -0.25) is 0 Å². The molecule has 6 nitrogen and oxygen atoms in total. The molecule has 0 aliphatic carbocycles. The van der Waals surface area contributed by atoms with E-state index in [2.05, 4.69) is 20.2 Å². The zero-order chi connectivity index (χ0) is 17.3. The van der Waals surface area contributed by atoms with Crippen molar-refractivity contribution in [3.05, 3.63) is 41.2 Å². The number of rotatable bonds is 3. The second-order valence-electron chi connectivity index (χ2n) is 6.45. The normalized spacial score (nSPS) is 19.4. The van der Waals surface area contributed by atoms with Crippen molar-refractivity contribution in [2.45, 2.75) is 25.6 Å². The molecule has 0 radical (unpaired) electrons. The van der Waals surface area contributed by atoms with Crippen LogP contribution in [0.4, 0.5) is 17.3 Å². The lowest BCUT2D eigenvalue weighted by molar-refractivity contribution is -0.169. The lowest BCUT2D eigenvalue weighted by Crippen LogP contribution is -2.45. The van der Waals surface area contributed by atoms with Crippen molar-refractivity contribution in [2.24, 2.45) is 0 Å². The van der Waals surface area contributed by atoms with Gasteiger partial charge in [-0.25, -0.2) is 9.97 Å². The monoisotopic (exact) mass is 360 g/mol. The average molecular weight is 361 g/mol. The summed E-state index contributed by atoms with van der Waals surface area (Å²) < 4.78 is 11.6. The van der Waals surface area contributed by atoms with Gasteiger partial charge in [-0.15, -0.1) is 0 Å². The molecular formula is C18H21ClN4O2. The first kappa shape index (κ1) is 16.6. The fraction of sp³-hybridized carbons (Fsp3) is 0.444. The maximum atomic E-state index is 6.19. The van der Waals surface area contributed by atoms with Crippen LogP contribution in [0.25, 0.3) is 0 Å². The summed E-state index contributed by atoms with van der Waals surface area (Å²) in [5.41, 5.74) is 1.96. The first-order valence-electron chi connectivity index (χ1n) is 8.52. The van der Waals surface area contributed by atoms with Crippen molar-refractivity contribution in [3.63, 3.8) is 0 Å². The van der Waals surface area contributed by atoms with Crippen LogP contribution in [0.3, 0.4) is 0 Å². The van der Waals surface area contributed by atoms with Crippen LogP contribution in [-0.2, 0) is 9.47 Å². The molecule has 2 aromatic rings. The highest BCUT2D eigenvalue weighted by Crippen LogP contribution is 2.33. The molecule has 0 unspecified atom stereocenters. The molecule has 0 amide bonds. The van der Waals surface area contributed by atoms with Crippen molar-refractivity contribution < 1.29 is 9.47 Å². The quantitative estimate of drug-likeness (QED) is 0.903. The molecule has 0 saturated carbocycles. The predicted octanol–water partition coefficient (Wildman–Crippen LogP) is 3.53. The maximum absolute atomic E-state index is 6.19. The predicted molar refractivity (Wildman–Crippen MR) is 97.6 cm³/mol. The van der Waals surface area contributed by atoms with Crippen LogP contribution in [0.5, 0.6) is 0 Å². The number of piperidine rings is 1. The first-order valence-corrected chi connectivity index (χ1v) is 8.89. The molecule has 25 heavy (non-hydrogen) atoms. The summed E-state index contributed by atoms with van der Waals surface area (Å²) in [6.07, 6.45) is 3.29. The zero-order valence-corrected chi connectivity index (χ0v) is 14.9. The van der Waals surface area contributed by atoms with Crippen molar-refractivity contribution in [1.29, 1.82) is 0 Å². The minimum atomic E-state index is -0.372. The van der Waals surface area contributed by atoms with Gasteiger partial charge < -0.3 is 19.7 Å². The highest BCUT2D eigenvalue weighted by molar-refractivity contribution is 6.31. The van der Waals surface area contributed by atoms with Crippen LogP contribution in [0.2, 0.25) is 5.02 Å². The SMILES string of the molecule is Cc1ccc(Nc2cc(N3CCC4(CC3)OCCO4)ncn2)cc1Cl. The van der Waals surface area contributed by atoms with E-state index in [1.165, 1.54) is 0 Å². The van der Waals surface area contributed by atoms with Gasteiger partial charge in [0.1, 0.15) is 18.0 Å². The van der Waals surface area contributed by atoms with Gasteiger partial charge in [0.2, 0.25) is 0 Å². The molecule has 4 rings (SSSR count). The van der Waals surface area contributed by atoms with Gasteiger partial charge in [0.25, 0.3) is 0 Å². The van der Waals surface area contributed by atoms with Crippen LogP contribution >= 0.6 is 11.6 Å². The number of nitrogens with one attached hydrogen (secondary N) is 1. The number of ether oxygens (including phenoxy) is 2. The Kier molecular flexibility index (Phi) is 4.50. The van der Waals surface area contributed by atoms with E-state index in [4.69, 9.17) is 21.1 Å². The highest BCUT2D eigenvalue weighted by atomic mass is 35.5. The molecule has 0 atom stereocenters. The molecule has 1 aromatic heterocycles. The highest BCUT2D eigenvalue weighted by Gasteiger charge is 2.40. The zero-order valence-electron chi connectivity index (χ0n) is 14.2. The number of benzene rings is 1. The summed E-state index contributed by atoms with van der Waals surface area (Å²) >= 11 is 6.19. The standard InChI is InChI=1S/C18H21ClN4O2/c1-13-2-3-14(10-15(13)19)22-16-11-17(21-12-20-16)23-6-4-18(5-7-23)24-8-9-25-18/h2-3,10-12H,4-9H2,1H3,(H,20,21,22). The Hall–Kier alpha value is -1.89. The third-order valence-corrected chi connectivity index (χ3v) is 5.17. The Labute approximate surface area is 152 Å². The van der Waals surface area contributed by atoms with Gasteiger partial charge in [-0.05, 0) is 24.6 Å². The Bertz CT molecular complexity index is 754. The van der Waals surface area contributed by atoms with Crippen LogP contribution in [0.15, 0.2) is 30.6 Å². The Morgan fingerprint density at radius 3 is 2.60 bits per heavy atom. The molecule has 7 heteroatoms. The number of aromatic nitrogens is 2. The summed E-state index contributed by atoms with van der Waals surface area (Å²) in [4.78, 5) is 11.0. The molecule has 2 aliphatic heterocycles. The summed E-state index contributed by atoms with van der Waals surface area (Å²) in [6.45, 7) is 5.08. The van der Waals surface area contributed by atoms with E-state index in [1.807, 2.05) is 31.2 Å². The molecule has 1 aromatic carbocycles. The van der Waals surface area contributed by atoms with Crippen LogP contribution in [-0.4, -0.2) is 42.1 Å². The number of hydrogen-bond acceptors (Lipinski definition) is 6. The molecular weight excluding hydrogens is 340 g/mol. The van der Waals surface area contributed by atoms with Gasteiger partial charge in [0.15, 0.2) is 5.79 Å². The van der Waals surface area contributed by atoms with E-state index in [0.717, 1.165) is 53.8 Å². The largest absolute Gasteiger partial charge is 0.356 e. The average Bonchev–Trinajstić information content (AvgIpc) is 3.07. The number of hydrogen-bond donors (Lipinski definition) is 1. The van der Waals surface area contributed by atoms with Gasteiger partial charge in [-0.2, -0.15) is 0 Å². The fourth-order valence-corrected chi connectivity index (χ4v) is 3.45. The Morgan fingerprint density at radius 1 is 1.12 bits per heavy atom. The topological polar surface area (TPSA) is 59.5 Å². The van der Waals surface area contributed by atoms with Crippen LogP contribution in [0.1, 0.15) is 18.4 Å². The smallest absolute Gasteiger partial charge is 0.171 e. The number of anilines is 3. The van der Waals surface area contributed by atoms with Crippen LogP contribution in [0, 0.1) is 6.92 Å². The molecule has 2 saturated heterocycles. The van der Waals surface area contributed by atoms with E-state index < -0.39 is 0 Å². The van der Waals surface area contributed by atoms with Gasteiger partial charge in [0.05, 0.1) is 13.2 Å². The molecule has 2 fully saturated rings. The summed E-state index contributed by atoms with van der Waals surface area (Å²) in [7, 11) is 0. The minimum Gasteiger partial charge on any atom is -0.356 e. The van der Waals surface area contributed by atoms with Crippen molar-refractivity contribution in [2.75, 3.05) is 36.5 Å². The molecule has 132 valence electrons. The van der Waals surface area contributed by atoms with Gasteiger partial charge in [-0.1, -0.05) is 17.7 Å².